The molecule has 2 saturated heterocycles. The molecule has 2 heterocycles. The van der Waals surface area contributed by atoms with E-state index in [1.807, 2.05) is 0 Å². The van der Waals surface area contributed by atoms with Crippen molar-refractivity contribution >= 4 is 12.4 Å². The molecule has 0 spiro atoms. The lowest BCUT2D eigenvalue weighted by atomic mass is 9.83. The third-order valence-electron chi connectivity index (χ3n) is 5.09. The van der Waals surface area contributed by atoms with Crippen LogP contribution in [0.15, 0.2) is 0 Å². The van der Waals surface area contributed by atoms with Gasteiger partial charge in [-0.25, -0.2) is 0 Å². The van der Waals surface area contributed by atoms with Crippen LogP contribution in [0.3, 0.4) is 0 Å². The van der Waals surface area contributed by atoms with Gasteiger partial charge >= 0.3 is 0 Å². The minimum Gasteiger partial charge on any atom is -0.297 e. The Labute approximate surface area is 106 Å². The van der Waals surface area contributed by atoms with Gasteiger partial charge in [-0.1, -0.05) is 25.7 Å². The SMILES string of the molecule is C1CCC([C@H]2CC[C@H]3CCCCN32)CC1.Cl. The molecule has 1 saturated carbocycles. The molecule has 2 heteroatoms. The predicted octanol–water partition coefficient (Wildman–Crippen LogP) is 4.01. The Morgan fingerprint density at radius 3 is 2.25 bits per heavy atom. The molecule has 3 fully saturated rings. The molecule has 2 aliphatic heterocycles. The molecule has 1 nitrogen and oxygen atoms in total. The molecule has 0 aromatic heterocycles. The van der Waals surface area contributed by atoms with Crippen LogP contribution in [0.5, 0.6) is 0 Å². The first-order valence-electron chi connectivity index (χ1n) is 7.21. The van der Waals surface area contributed by atoms with Crippen LogP contribution in [0.4, 0.5) is 0 Å². The molecular formula is C14H26ClN. The summed E-state index contributed by atoms with van der Waals surface area (Å²) in [6, 6.07) is 1.99. The molecule has 0 aromatic rings. The summed E-state index contributed by atoms with van der Waals surface area (Å²) in [5.41, 5.74) is 0. The lowest BCUT2D eigenvalue weighted by Gasteiger charge is -2.39. The van der Waals surface area contributed by atoms with Gasteiger partial charge in [0.2, 0.25) is 0 Å². The molecule has 16 heavy (non-hydrogen) atoms. The Morgan fingerprint density at radius 2 is 1.44 bits per heavy atom. The Balaban J connectivity index is 0.000000963. The molecular weight excluding hydrogens is 218 g/mol. The van der Waals surface area contributed by atoms with E-state index in [1.54, 1.807) is 0 Å². The fraction of sp³-hybridized carbons (Fsp3) is 1.00. The van der Waals surface area contributed by atoms with Crippen molar-refractivity contribution < 1.29 is 0 Å². The van der Waals surface area contributed by atoms with Gasteiger partial charge in [-0.05, 0) is 51.0 Å². The number of hydrogen-bond donors (Lipinski definition) is 0. The van der Waals surface area contributed by atoms with Crippen molar-refractivity contribution in [1.29, 1.82) is 0 Å². The van der Waals surface area contributed by atoms with Crippen LogP contribution < -0.4 is 0 Å². The second-order valence-corrected chi connectivity index (χ2v) is 5.93. The minimum atomic E-state index is 0. The number of halogens is 1. The van der Waals surface area contributed by atoms with E-state index in [2.05, 4.69) is 4.90 Å². The van der Waals surface area contributed by atoms with E-state index in [-0.39, 0.29) is 12.4 Å². The van der Waals surface area contributed by atoms with E-state index in [4.69, 9.17) is 0 Å². The Morgan fingerprint density at radius 1 is 0.688 bits per heavy atom. The number of piperidine rings is 1. The van der Waals surface area contributed by atoms with Gasteiger partial charge in [-0.3, -0.25) is 4.90 Å². The number of hydrogen-bond acceptors (Lipinski definition) is 1. The zero-order chi connectivity index (χ0) is 10.1. The Kier molecular flexibility index (Phi) is 4.55. The van der Waals surface area contributed by atoms with E-state index < -0.39 is 0 Å². The second-order valence-electron chi connectivity index (χ2n) is 5.93. The topological polar surface area (TPSA) is 3.24 Å². The van der Waals surface area contributed by atoms with E-state index in [1.165, 1.54) is 70.8 Å². The summed E-state index contributed by atoms with van der Waals surface area (Å²) in [7, 11) is 0. The standard InChI is InChI=1S/C14H25N.ClH/c1-2-6-12(7-3-1)14-10-9-13-8-4-5-11-15(13)14;/h12-14H,1-11H2;1H/t13-,14-;/m1./s1. The van der Waals surface area contributed by atoms with Crippen molar-refractivity contribution in [3.05, 3.63) is 0 Å². The van der Waals surface area contributed by atoms with Crippen LogP contribution in [-0.4, -0.2) is 23.5 Å². The van der Waals surface area contributed by atoms with E-state index in [0.29, 0.717) is 0 Å². The summed E-state index contributed by atoms with van der Waals surface area (Å²) >= 11 is 0. The highest BCUT2D eigenvalue weighted by atomic mass is 35.5. The van der Waals surface area contributed by atoms with Crippen molar-refractivity contribution in [1.82, 2.24) is 4.90 Å². The molecule has 0 unspecified atom stereocenters. The van der Waals surface area contributed by atoms with Crippen LogP contribution in [-0.2, 0) is 0 Å². The Bertz CT molecular complexity index is 213. The zero-order valence-electron chi connectivity index (χ0n) is 10.4. The quantitative estimate of drug-likeness (QED) is 0.673. The molecule has 2 atom stereocenters. The molecule has 94 valence electrons. The number of rotatable bonds is 1. The van der Waals surface area contributed by atoms with E-state index >= 15 is 0 Å². The van der Waals surface area contributed by atoms with Crippen molar-refractivity contribution in [2.45, 2.75) is 76.3 Å². The van der Waals surface area contributed by atoms with Crippen LogP contribution >= 0.6 is 12.4 Å². The summed E-state index contributed by atoms with van der Waals surface area (Å²) in [6.45, 7) is 1.42. The van der Waals surface area contributed by atoms with E-state index in [9.17, 15) is 0 Å². The average molecular weight is 244 g/mol. The smallest absolute Gasteiger partial charge is 0.0127 e. The van der Waals surface area contributed by atoms with Gasteiger partial charge in [0.15, 0.2) is 0 Å². The molecule has 0 bridgehead atoms. The molecule has 1 aliphatic carbocycles. The van der Waals surface area contributed by atoms with E-state index in [0.717, 1.165) is 18.0 Å². The first-order chi connectivity index (χ1) is 7.45. The van der Waals surface area contributed by atoms with Gasteiger partial charge in [-0.15, -0.1) is 12.4 Å². The van der Waals surface area contributed by atoms with Gasteiger partial charge in [0, 0.05) is 12.1 Å². The molecule has 0 radical (unpaired) electrons. The first-order valence-corrected chi connectivity index (χ1v) is 7.21. The van der Waals surface area contributed by atoms with Gasteiger partial charge in [0.05, 0.1) is 0 Å². The Hall–Kier alpha value is 0.250. The molecule has 3 rings (SSSR count). The minimum absolute atomic E-state index is 0. The van der Waals surface area contributed by atoms with Gasteiger partial charge in [0.25, 0.3) is 0 Å². The van der Waals surface area contributed by atoms with Crippen LogP contribution in [0.25, 0.3) is 0 Å². The third kappa shape index (κ3) is 2.41. The number of fused-ring (bicyclic) bond motifs is 1. The summed E-state index contributed by atoms with van der Waals surface area (Å²) in [4.78, 5) is 2.90. The van der Waals surface area contributed by atoms with Crippen molar-refractivity contribution in [3.63, 3.8) is 0 Å². The highest BCUT2D eigenvalue weighted by Gasteiger charge is 2.38. The van der Waals surface area contributed by atoms with Gasteiger partial charge < -0.3 is 0 Å². The van der Waals surface area contributed by atoms with Gasteiger partial charge in [0.1, 0.15) is 0 Å². The monoisotopic (exact) mass is 243 g/mol. The molecule has 0 N–H and O–H groups in total. The third-order valence-corrected chi connectivity index (χ3v) is 5.09. The predicted molar refractivity (Wildman–Crippen MR) is 71.2 cm³/mol. The highest BCUT2D eigenvalue weighted by molar-refractivity contribution is 5.85. The van der Waals surface area contributed by atoms with Crippen molar-refractivity contribution in [2.24, 2.45) is 5.92 Å². The van der Waals surface area contributed by atoms with Crippen LogP contribution in [0.1, 0.15) is 64.2 Å². The summed E-state index contributed by atoms with van der Waals surface area (Å²) < 4.78 is 0. The van der Waals surface area contributed by atoms with Crippen LogP contribution in [0, 0.1) is 5.92 Å². The fourth-order valence-electron chi connectivity index (χ4n) is 4.32. The fourth-order valence-corrected chi connectivity index (χ4v) is 4.32. The lowest BCUT2D eigenvalue weighted by molar-refractivity contribution is 0.0977. The molecule has 0 amide bonds. The molecule has 3 aliphatic rings. The normalized spacial score (nSPS) is 36.8. The number of nitrogens with zero attached hydrogens (tertiary/aromatic N) is 1. The van der Waals surface area contributed by atoms with Crippen LogP contribution in [0.2, 0.25) is 0 Å². The first kappa shape index (κ1) is 12.7. The largest absolute Gasteiger partial charge is 0.297 e. The van der Waals surface area contributed by atoms with Gasteiger partial charge in [-0.2, -0.15) is 0 Å². The zero-order valence-corrected chi connectivity index (χ0v) is 11.2. The summed E-state index contributed by atoms with van der Waals surface area (Å²) in [5, 5.41) is 0. The lowest BCUT2D eigenvalue weighted by Crippen LogP contribution is -2.43. The maximum absolute atomic E-state index is 2.90. The maximum atomic E-state index is 2.90. The van der Waals surface area contributed by atoms with Crippen molar-refractivity contribution in [3.8, 4) is 0 Å². The average Bonchev–Trinajstić information content (AvgIpc) is 2.74. The summed E-state index contributed by atoms with van der Waals surface area (Å²) in [6.07, 6.45) is 15.1. The molecule has 0 aromatic carbocycles. The maximum Gasteiger partial charge on any atom is 0.0127 e. The second kappa shape index (κ2) is 5.73. The summed E-state index contributed by atoms with van der Waals surface area (Å²) in [5.74, 6) is 1.07. The van der Waals surface area contributed by atoms with Crippen molar-refractivity contribution in [2.75, 3.05) is 6.54 Å². The highest BCUT2D eigenvalue weighted by Crippen LogP contribution is 2.39.